The molecule has 4 atom stereocenters. The molecule has 19 heteroatoms. The van der Waals surface area contributed by atoms with E-state index in [1.807, 2.05) is 113 Å². The molecular weight excluding hydrogens is 1230 g/mol. The first-order valence-electron chi connectivity index (χ1n) is 36.5. The lowest BCUT2D eigenvalue weighted by molar-refractivity contribution is 0.329. The van der Waals surface area contributed by atoms with Crippen LogP contribution in [0.4, 0.5) is 57.7 Å². The zero-order valence-corrected chi connectivity index (χ0v) is 60.1. The fourth-order valence-electron chi connectivity index (χ4n) is 15.6. The minimum Gasteiger partial charge on any atom is -0.435 e. The molecule has 4 aliphatic rings. The third-order valence-corrected chi connectivity index (χ3v) is 20.2. The van der Waals surface area contributed by atoms with Crippen LogP contribution in [0.3, 0.4) is 0 Å². The Morgan fingerprint density at radius 1 is 0.424 bits per heavy atom. The Kier molecular flexibility index (Phi) is 15.0. The molecule has 1 saturated heterocycles. The zero-order valence-electron chi connectivity index (χ0n) is 65.1. The molecule has 9 aromatic heterocycles. The Balaban J connectivity index is 0.000000119. The summed E-state index contributed by atoms with van der Waals surface area (Å²) >= 11 is 0. The summed E-state index contributed by atoms with van der Waals surface area (Å²) in [6, 6.07) is 32.1. The number of anilines is 10. The Bertz CT molecular complexity index is 5030. The number of aryl methyl sites for hydroxylation is 7. The van der Waals surface area contributed by atoms with Crippen LogP contribution in [0.15, 0.2) is 147 Å². The van der Waals surface area contributed by atoms with Gasteiger partial charge in [0.25, 0.3) is 0 Å². The molecule has 19 nitrogen and oxygen atoms in total. The first kappa shape index (κ1) is 59.8. The van der Waals surface area contributed by atoms with Crippen LogP contribution in [0.1, 0.15) is 136 Å². The van der Waals surface area contributed by atoms with Crippen molar-refractivity contribution in [2.24, 2.45) is 5.41 Å². The van der Waals surface area contributed by atoms with Gasteiger partial charge in [-0.1, -0.05) is 68.4 Å². The van der Waals surface area contributed by atoms with E-state index in [4.69, 9.17) is 20.1 Å². The molecule has 99 heavy (non-hydrogen) atoms. The fourth-order valence-corrected chi connectivity index (χ4v) is 15.6. The fraction of sp³-hybridized carbons (Fsp3) is 0.362. The van der Waals surface area contributed by atoms with E-state index in [9.17, 15) is 0 Å². The van der Waals surface area contributed by atoms with Crippen molar-refractivity contribution in [1.29, 1.82) is 0 Å². The summed E-state index contributed by atoms with van der Waals surface area (Å²) in [6.45, 7) is 37.1. The summed E-state index contributed by atoms with van der Waals surface area (Å²) in [6.07, 6.45) is 10.2. The number of para-hydroxylation sites is 1. The second-order valence-corrected chi connectivity index (χ2v) is 28.5. The van der Waals surface area contributed by atoms with Crippen molar-refractivity contribution >= 4 is 124 Å². The van der Waals surface area contributed by atoms with Gasteiger partial charge in [0.05, 0.1) is 19.8 Å². The highest BCUT2D eigenvalue weighted by Gasteiger charge is 2.49. The largest absolute Gasteiger partial charge is 0.435 e. The van der Waals surface area contributed by atoms with Crippen LogP contribution in [-0.2, 0) is 0 Å². The second kappa shape index (κ2) is 24.8. The molecule has 0 spiro atoms. The van der Waals surface area contributed by atoms with E-state index < -0.39 is 25.2 Å². The van der Waals surface area contributed by atoms with Gasteiger partial charge < -0.3 is 32.9 Å². The van der Waals surface area contributed by atoms with Gasteiger partial charge in [-0.3, -0.25) is 14.7 Å². The smallest absolute Gasteiger partial charge is 0.227 e. The Hall–Kier alpha value is -10.4. The average molecular weight is 1330 g/mol. The highest BCUT2D eigenvalue weighted by Crippen LogP contribution is 2.52. The standard InChI is InChI=1S/2C22H23N5O.C20H19N5O.C16H25N/c2*1-12(2)26-15(5)27(21-20(26)23-10-11-24-21)18-13(3)6-8-16-17-9-7-14(4)25-22(17)28-19(16)18;1-11-5-7-14-15-8-6-12(2)23-20(15)26-17(14)16(11)25-13(3)24(4)18-19(25)22-10-9-21-18;1-12-9-7-8-10-14(12)17-13(2)15(3,4)11-16(17,5)6/h2*6-12,15H,1-5H3;5-10,13H,1-4H3;7-10,13H,11H2,1-6H3/i2*12D;4D3;. The molecule has 0 amide bonds. The normalized spacial score (nSPS) is 19.3. The molecule has 0 N–H and O–H groups in total. The van der Waals surface area contributed by atoms with Crippen LogP contribution in [0.2, 0.25) is 0 Å². The van der Waals surface area contributed by atoms with Gasteiger partial charge in [0.15, 0.2) is 51.7 Å². The predicted octanol–water partition coefficient (Wildman–Crippen LogP) is 18.9. The van der Waals surface area contributed by atoms with Crippen LogP contribution in [0, 0.1) is 53.9 Å². The summed E-state index contributed by atoms with van der Waals surface area (Å²) < 4.78 is 60.1. The number of rotatable bonds is 6. The van der Waals surface area contributed by atoms with E-state index in [0.717, 1.165) is 106 Å². The summed E-state index contributed by atoms with van der Waals surface area (Å²) in [7, 11) is 0. The van der Waals surface area contributed by atoms with Crippen LogP contribution in [0.25, 0.3) is 66.2 Å². The van der Waals surface area contributed by atoms with Crippen molar-refractivity contribution < 1.29 is 20.1 Å². The van der Waals surface area contributed by atoms with Gasteiger partial charge in [0, 0.05) is 127 Å². The van der Waals surface area contributed by atoms with Gasteiger partial charge in [-0.25, -0.2) is 44.9 Å². The lowest BCUT2D eigenvalue weighted by atomic mass is 9.82. The lowest BCUT2D eigenvalue weighted by Gasteiger charge is -2.38. The molecule has 4 unspecified atom stereocenters. The predicted molar refractivity (Wildman–Crippen MR) is 403 cm³/mol. The zero-order chi connectivity index (χ0) is 74.3. The summed E-state index contributed by atoms with van der Waals surface area (Å²) in [5, 5.41) is 5.89. The van der Waals surface area contributed by atoms with Gasteiger partial charge in [-0.15, -0.1) is 0 Å². The maximum absolute atomic E-state index is 8.67. The van der Waals surface area contributed by atoms with E-state index in [2.05, 4.69) is 189 Å². The SMILES string of the molecule is Cc1ccccc1N1C(C)C(C)(C)CC1(C)C.[2H]C(C)(C)N1c2nccnc2N(c2c(C)ccc3c2oc2nc(C)ccc23)C1C.[2H]C(C)(C)N1c2nccnc2N(c2c(C)ccc3c2oc2nc(C)ccc23)C1C.[2H]C([2H])([2H])N1c2nccnc2N(c2c(C)ccc3c2oc2nc(C)ccc23)C1C. The lowest BCUT2D eigenvalue weighted by Crippen LogP contribution is -2.43. The van der Waals surface area contributed by atoms with E-state index in [1.165, 1.54) is 28.8 Å². The highest BCUT2D eigenvalue weighted by atomic mass is 16.3. The van der Waals surface area contributed by atoms with Gasteiger partial charge in [-0.2, -0.15) is 0 Å². The number of hydrogen-bond acceptors (Lipinski definition) is 19. The van der Waals surface area contributed by atoms with Crippen LogP contribution in [0.5, 0.6) is 0 Å². The molecule has 13 heterocycles. The van der Waals surface area contributed by atoms with Gasteiger partial charge in [-0.05, 0) is 194 Å². The average Bonchev–Trinajstić information content (AvgIpc) is 1.58. The first-order valence-corrected chi connectivity index (χ1v) is 34.0. The molecule has 4 aliphatic heterocycles. The van der Waals surface area contributed by atoms with E-state index in [0.29, 0.717) is 57.5 Å². The van der Waals surface area contributed by atoms with E-state index in [-0.39, 0.29) is 17.9 Å². The van der Waals surface area contributed by atoms with Crippen molar-refractivity contribution in [2.45, 2.75) is 180 Å². The van der Waals surface area contributed by atoms with Gasteiger partial charge in [0.2, 0.25) is 17.1 Å². The molecule has 4 aromatic carbocycles. The Labute approximate surface area is 586 Å². The number of nitrogens with zero attached hydrogens (tertiary/aromatic N) is 16. The van der Waals surface area contributed by atoms with Crippen LogP contribution < -0.4 is 34.3 Å². The third-order valence-electron chi connectivity index (χ3n) is 20.2. The molecule has 17 rings (SSSR count). The van der Waals surface area contributed by atoms with Gasteiger partial charge >= 0.3 is 0 Å². The number of benzene rings is 4. The summed E-state index contributed by atoms with van der Waals surface area (Å²) in [5.74, 6) is 3.72. The van der Waals surface area contributed by atoms with Crippen molar-refractivity contribution in [3.8, 4) is 0 Å². The number of furan rings is 3. The topological polar surface area (TPSA) is 178 Å². The van der Waals surface area contributed by atoms with Crippen LogP contribution >= 0.6 is 0 Å². The summed E-state index contributed by atoms with van der Waals surface area (Å²) in [4.78, 5) is 54.9. The molecule has 0 radical (unpaired) electrons. The first-order chi connectivity index (χ1) is 49.1. The second-order valence-electron chi connectivity index (χ2n) is 28.5. The minimum atomic E-state index is -2.35. The van der Waals surface area contributed by atoms with Crippen molar-refractivity contribution in [1.82, 2.24) is 44.9 Å². The van der Waals surface area contributed by atoms with E-state index >= 15 is 0 Å². The number of pyridine rings is 3. The summed E-state index contributed by atoms with van der Waals surface area (Å²) in [5.41, 5.74) is 15.9. The Morgan fingerprint density at radius 3 is 1.12 bits per heavy atom. The number of hydrogen-bond donors (Lipinski definition) is 0. The molecule has 508 valence electrons. The molecular formula is C80H90N16O3. The quantitative estimate of drug-likeness (QED) is 0.153. The third kappa shape index (κ3) is 11.0. The van der Waals surface area contributed by atoms with Crippen molar-refractivity contribution in [2.75, 3.05) is 41.3 Å². The van der Waals surface area contributed by atoms with Crippen molar-refractivity contribution in [3.05, 3.63) is 174 Å². The number of aromatic nitrogens is 9. The Morgan fingerprint density at radius 2 is 0.768 bits per heavy atom. The molecule has 1 fully saturated rings. The number of fused-ring (bicyclic) bond motifs is 12. The van der Waals surface area contributed by atoms with Crippen molar-refractivity contribution in [3.63, 3.8) is 0 Å². The maximum atomic E-state index is 8.67. The monoisotopic (exact) mass is 1330 g/mol. The molecule has 0 saturated carbocycles. The van der Waals surface area contributed by atoms with E-state index in [1.54, 1.807) is 31.0 Å². The maximum Gasteiger partial charge on any atom is 0.227 e. The van der Waals surface area contributed by atoms with Gasteiger partial charge in [0.1, 0.15) is 18.5 Å². The molecule has 0 bridgehead atoms. The molecule has 13 aromatic rings. The van der Waals surface area contributed by atoms with Crippen LogP contribution in [-0.4, -0.2) is 93.9 Å². The minimum absolute atomic E-state index is 0.146. The molecule has 0 aliphatic carbocycles. The highest BCUT2D eigenvalue weighted by molar-refractivity contribution is 6.12.